The molecule has 164 valence electrons. The summed E-state index contributed by atoms with van der Waals surface area (Å²) in [6, 6.07) is 17.7. The van der Waals surface area contributed by atoms with Gasteiger partial charge in [-0.15, -0.1) is 0 Å². The number of anilines is 1. The van der Waals surface area contributed by atoms with Crippen molar-refractivity contribution in [3.05, 3.63) is 65.1 Å². The lowest BCUT2D eigenvalue weighted by Crippen LogP contribution is -2.40. The van der Waals surface area contributed by atoms with Crippen molar-refractivity contribution in [2.75, 3.05) is 4.90 Å². The summed E-state index contributed by atoms with van der Waals surface area (Å²) in [5.41, 5.74) is 3.05. The number of nitrogens with zero attached hydrogens (tertiary/aromatic N) is 3. The fourth-order valence-electron chi connectivity index (χ4n) is 4.86. The number of benzene rings is 2. The van der Waals surface area contributed by atoms with Crippen LogP contribution in [0.25, 0.3) is 5.57 Å². The topological polar surface area (TPSA) is 53.0 Å². The van der Waals surface area contributed by atoms with Gasteiger partial charge in [0.1, 0.15) is 0 Å². The highest BCUT2D eigenvalue weighted by atomic mass is 32.2. The normalized spacial score (nSPS) is 23.0. The molecule has 2 aromatic rings. The van der Waals surface area contributed by atoms with Crippen LogP contribution in [0.4, 0.5) is 11.4 Å². The molecule has 2 heterocycles. The van der Waals surface area contributed by atoms with Crippen LogP contribution in [0.3, 0.4) is 0 Å². The summed E-state index contributed by atoms with van der Waals surface area (Å²) in [6.07, 6.45) is 5.40. The van der Waals surface area contributed by atoms with E-state index in [1.54, 1.807) is 4.90 Å². The molecule has 1 saturated carbocycles. The molecule has 6 heteroatoms. The minimum atomic E-state index is -0.0957. The molecule has 0 N–H and O–H groups in total. The molecule has 5 nitrogen and oxygen atoms in total. The molecule has 32 heavy (non-hydrogen) atoms. The third-order valence-corrected chi connectivity index (χ3v) is 7.40. The quantitative estimate of drug-likeness (QED) is 0.566. The van der Waals surface area contributed by atoms with Gasteiger partial charge in [-0.3, -0.25) is 14.5 Å². The lowest BCUT2D eigenvalue weighted by atomic mass is 9.94. The van der Waals surface area contributed by atoms with Crippen molar-refractivity contribution >= 4 is 45.7 Å². The van der Waals surface area contributed by atoms with E-state index in [4.69, 9.17) is 4.99 Å². The van der Waals surface area contributed by atoms with Crippen molar-refractivity contribution in [1.29, 1.82) is 0 Å². The number of hydrogen-bond donors (Lipinski definition) is 0. The van der Waals surface area contributed by atoms with Crippen LogP contribution >= 0.6 is 11.8 Å². The number of amidine groups is 1. The van der Waals surface area contributed by atoms with Crippen molar-refractivity contribution in [3.63, 3.8) is 0 Å². The molecule has 0 atom stereocenters. The molecule has 0 aromatic heterocycles. The standard InChI is InChI=1S/C26H27N3O2S/c1-17(2)28-21-16-10-9-15-20(21)22(24(28)30)23-25(31)29(19-13-7-4-8-14-19)26(32-23)27-18-11-5-3-6-12-18/h3,5-6,9-12,15-17,19H,4,7-8,13-14H2,1-2H3. The summed E-state index contributed by atoms with van der Waals surface area (Å²) in [5.74, 6) is -0.179. The Morgan fingerprint density at radius 3 is 2.31 bits per heavy atom. The third kappa shape index (κ3) is 3.56. The van der Waals surface area contributed by atoms with Gasteiger partial charge in [-0.25, -0.2) is 4.99 Å². The van der Waals surface area contributed by atoms with Crippen molar-refractivity contribution in [2.45, 2.75) is 58.0 Å². The Balaban J connectivity index is 1.64. The highest BCUT2D eigenvalue weighted by Crippen LogP contribution is 2.46. The number of thioether (sulfide) groups is 1. The van der Waals surface area contributed by atoms with Gasteiger partial charge in [0.05, 0.1) is 21.9 Å². The zero-order valence-corrected chi connectivity index (χ0v) is 19.3. The second-order valence-corrected chi connectivity index (χ2v) is 9.77. The number of rotatable bonds is 3. The van der Waals surface area contributed by atoms with E-state index >= 15 is 0 Å². The Bertz CT molecular complexity index is 1120. The van der Waals surface area contributed by atoms with Gasteiger partial charge in [-0.1, -0.05) is 55.7 Å². The van der Waals surface area contributed by atoms with Crippen LogP contribution in [0.15, 0.2) is 64.5 Å². The van der Waals surface area contributed by atoms with Crippen LogP contribution in [0.1, 0.15) is 51.5 Å². The van der Waals surface area contributed by atoms with Crippen molar-refractivity contribution < 1.29 is 9.59 Å². The second-order valence-electron chi connectivity index (χ2n) is 8.79. The first kappa shape index (κ1) is 21.0. The molecule has 0 radical (unpaired) electrons. The summed E-state index contributed by atoms with van der Waals surface area (Å²) in [5, 5.41) is 0.684. The highest BCUT2D eigenvalue weighted by Gasteiger charge is 2.45. The first-order valence-electron chi connectivity index (χ1n) is 11.4. The maximum Gasteiger partial charge on any atom is 0.267 e. The number of carbonyl (C=O) groups is 2. The van der Waals surface area contributed by atoms with E-state index in [0.29, 0.717) is 15.6 Å². The predicted octanol–water partition coefficient (Wildman–Crippen LogP) is 5.75. The number of amides is 2. The smallest absolute Gasteiger partial charge is 0.267 e. The van der Waals surface area contributed by atoms with Crippen molar-refractivity contribution in [2.24, 2.45) is 4.99 Å². The fraction of sp³-hybridized carbons (Fsp3) is 0.346. The molecule has 2 aromatic carbocycles. The fourth-order valence-corrected chi connectivity index (χ4v) is 6.01. The zero-order chi connectivity index (χ0) is 22.2. The number of fused-ring (bicyclic) bond motifs is 1. The monoisotopic (exact) mass is 445 g/mol. The van der Waals surface area contributed by atoms with Gasteiger partial charge in [-0.05, 0) is 56.7 Å². The molecule has 3 aliphatic rings. The van der Waals surface area contributed by atoms with E-state index in [1.807, 2.05) is 73.3 Å². The molecule has 5 rings (SSSR count). The van der Waals surface area contributed by atoms with E-state index < -0.39 is 0 Å². The van der Waals surface area contributed by atoms with Gasteiger partial charge in [0.25, 0.3) is 11.8 Å². The minimum Gasteiger partial charge on any atom is -0.305 e. The Kier molecular flexibility index (Phi) is 5.64. The number of aliphatic imine (C=N–C) groups is 1. The van der Waals surface area contributed by atoms with Crippen molar-refractivity contribution in [1.82, 2.24) is 4.90 Å². The molecule has 2 amide bonds. The molecule has 1 aliphatic carbocycles. The average molecular weight is 446 g/mol. The van der Waals surface area contributed by atoms with Crippen LogP contribution in [0.2, 0.25) is 0 Å². The van der Waals surface area contributed by atoms with E-state index in [1.165, 1.54) is 18.2 Å². The van der Waals surface area contributed by atoms with Gasteiger partial charge >= 0.3 is 0 Å². The Morgan fingerprint density at radius 2 is 1.59 bits per heavy atom. The summed E-state index contributed by atoms with van der Waals surface area (Å²) < 4.78 is 0. The number of hydrogen-bond acceptors (Lipinski definition) is 4. The Morgan fingerprint density at radius 1 is 0.906 bits per heavy atom. The van der Waals surface area contributed by atoms with Crippen LogP contribution in [0.5, 0.6) is 0 Å². The summed E-state index contributed by atoms with van der Waals surface area (Å²) in [6.45, 7) is 4.01. The van der Waals surface area contributed by atoms with Gasteiger partial charge in [0.2, 0.25) is 0 Å². The maximum absolute atomic E-state index is 13.8. The molecular weight excluding hydrogens is 418 g/mol. The van der Waals surface area contributed by atoms with Crippen molar-refractivity contribution in [3.8, 4) is 0 Å². The maximum atomic E-state index is 13.8. The van der Waals surface area contributed by atoms with E-state index in [0.717, 1.165) is 42.6 Å². The van der Waals surface area contributed by atoms with E-state index in [9.17, 15) is 9.59 Å². The van der Waals surface area contributed by atoms with Crippen LogP contribution < -0.4 is 4.90 Å². The third-order valence-electron chi connectivity index (χ3n) is 6.34. The van der Waals surface area contributed by atoms with Gasteiger partial charge in [-0.2, -0.15) is 0 Å². The van der Waals surface area contributed by atoms with E-state index in [-0.39, 0.29) is 23.9 Å². The molecule has 2 aliphatic heterocycles. The van der Waals surface area contributed by atoms with Crippen LogP contribution in [-0.2, 0) is 9.59 Å². The average Bonchev–Trinajstić information content (AvgIpc) is 3.27. The van der Waals surface area contributed by atoms with Crippen LogP contribution in [0, 0.1) is 0 Å². The zero-order valence-electron chi connectivity index (χ0n) is 18.5. The summed E-state index contributed by atoms with van der Waals surface area (Å²) >= 11 is 1.35. The van der Waals surface area contributed by atoms with Gasteiger partial charge in [0.15, 0.2) is 5.17 Å². The van der Waals surface area contributed by atoms with E-state index in [2.05, 4.69) is 0 Å². The number of para-hydroxylation sites is 2. The largest absolute Gasteiger partial charge is 0.305 e. The number of carbonyl (C=O) groups excluding carboxylic acids is 2. The Labute approximate surface area is 193 Å². The molecule has 1 saturated heterocycles. The van der Waals surface area contributed by atoms with Gasteiger partial charge in [0, 0.05) is 17.6 Å². The lowest BCUT2D eigenvalue weighted by Gasteiger charge is -2.30. The molecule has 0 bridgehead atoms. The predicted molar refractivity (Wildman–Crippen MR) is 131 cm³/mol. The molecular formula is C26H27N3O2S. The van der Waals surface area contributed by atoms with Crippen LogP contribution in [-0.4, -0.2) is 34.0 Å². The minimum absolute atomic E-state index is 0.00941. The highest BCUT2D eigenvalue weighted by molar-refractivity contribution is 8.18. The lowest BCUT2D eigenvalue weighted by molar-refractivity contribution is -0.124. The molecule has 0 unspecified atom stereocenters. The first-order chi connectivity index (χ1) is 15.6. The summed E-state index contributed by atoms with van der Waals surface area (Å²) in [7, 11) is 0. The first-order valence-corrected chi connectivity index (χ1v) is 12.2. The Hall–Kier alpha value is -2.86. The SMILES string of the molecule is CC(C)N1C(=O)C(=C2SC(=Nc3ccccc3)N(C3CCCCC3)C2=O)c2ccccc21. The summed E-state index contributed by atoms with van der Waals surface area (Å²) in [4.78, 5) is 36.4. The molecule has 2 fully saturated rings. The van der Waals surface area contributed by atoms with Gasteiger partial charge < -0.3 is 4.90 Å². The molecule has 0 spiro atoms. The second kappa shape index (κ2) is 8.58.